The zero-order valence-electron chi connectivity index (χ0n) is 17.7. The van der Waals surface area contributed by atoms with Crippen LogP contribution in [-0.4, -0.2) is 28.4 Å². The van der Waals surface area contributed by atoms with Crippen LogP contribution < -0.4 is 11.2 Å². The van der Waals surface area contributed by atoms with Gasteiger partial charge in [0, 0.05) is 43.1 Å². The van der Waals surface area contributed by atoms with Gasteiger partial charge in [-0.2, -0.15) is 0 Å². The normalized spacial score (nSPS) is 11.7. The van der Waals surface area contributed by atoms with Crippen LogP contribution in [0, 0.1) is 0 Å². The Bertz CT molecular complexity index is 1650. The third-order valence-electron chi connectivity index (χ3n) is 5.94. The maximum Gasteiger partial charge on any atom is 0.330 e. The molecule has 8 nitrogen and oxygen atoms in total. The fourth-order valence-corrected chi connectivity index (χ4v) is 4.66. The van der Waals surface area contributed by atoms with Gasteiger partial charge in [0.2, 0.25) is 0 Å². The van der Waals surface area contributed by atoms with E-state index in [4.69, 9.17) is 0 Å². The molecule has 0 bridgehead atoms. The molecule has 0 amide bonds. The summed E-state index contributed by atoms with van der Waals surface area (Å²) in [6.45, 7) is -0.158. The van der Waals surface area contributed by atoms with Crippen LogP contribution in [0.3, 0.4) is 0 Å². The van der Waals surface area contributed by atoms with Crippen molar-refractivity contribution in [2.45, 2.75) is 6.61 Å². The molecule has 0 radical (unpaired) electrons. The van der Waals surface area contributed by atoms with Crippen LogP contribution in [0.5, 0.6) is 0 Å². The molecule has 162 valence electrons. The Morgan fingerprint density at radius 2 is 1.72 bits per heavy atom. The minimum Gasteiger partial charge on any atom is -0.388 e. The van der Waals surface area contributed by atoms with Crippen LogP contribution in [0.15, 0.2) is 62.7 Å². The summed E-state index contributed by atoms with van der Waals surface area (Å²) in [6.07, 6.45) is 1.81. The molecular weight excluding hydrogens is 474 g/mol. The van der Waals surface area contributed by atoms with Crippen molar-refractivity contribution in [3.05, 3.63) is 79.8 Å². The molecule has 3 aromatic heterocycles. The van der Waals surface area contributed by atoms with Crippen molar-refractivity contribution >= 4 is 37.9 Å². The molecule has 0 spiro atoms. The fourth-order valence-electron chi connectivity index (χ4n) is 4.19. The van der Waals surface area contributed by atoms with Crippen LogP contribution in [0.1, 0.15) is 5.82 Å². The summed E-state index contributed by atoms with van der Waals surface area (Å²) < 4.78 is 7.20. The van der Waals surface area contributed by atoms with Crippen molar-refractivity contribution in [3.63, 3.8) is 0 Å². The summed E-state index contributed by atoms with van der Waals surface area (Å²) in [6, 6.07) is 13.5. The first-order valence-electron chi connectivity index (χ1n) is 9.96. The van der Waals surface area contributed by atoms with Gasteiger partial charge >= 0.3 is 5.69 Å². The first-order valence-corrected chi connectivity index (χ1v) is 10.7. The van der Waals surface area contributed by atoms with Gasteiger partial charge in [-0.25, -0.2) is 9.78 Å². The van der Waals surface area contributed by atoms with Crippen molar-refractivity contribution < 1.29 is 5.11 Å². The molecule has 0 unspecified atom stereocenters. The van der Waals surface area contributed by atoms with Gasteiger partial charge in [0.25, 0.3) is 5.56 Å². The number of hydrogen-bond acceptors (Lipinski definition) is 4. The maximum absolute atomic E-state index is 13.2. The molecule has 1 N–H and O–H groups in total. The predicted molar refractivity (Wildman–Crippen MR) is 127 cm³/mol. The third kappa shape index (κ3) is 2.81. The van der Waals surface area contributed by atoms with Gasteiger partial charge in [-0.05, 0) is 24.3 Å². The van der Waals surface area contributed by atoms with Crippen molar-refractivity contribution in [1.82, 2.24) is 23.3 Å². The molecule has 9 heteroatoms. The second-order valence-electron chi connectivity index (χ2n) is 7.71. The number of nitrogens with zero attached hydrogens (tertiary/aromatic N) is 5. The van der Waals surface area contributed by atoms with Crippen molar-refractivity contribution in [3.8, 4) is 16.9 Å². The Morgan fingerprint density at radius 3 is 2.44 bits per heavy atom. The lowest BCUT2D eigenvalue weighted by Gasteiger charge is -2.12. The highest BCUT2D eigenvalue weighted by Gasteiger charge is 2.22. The zero-order valence-corrected chi connectivity index (χ0v) is 19.3. The zero-order chi connectivity index (χ0) is 22.7. The van der Waals surface area contributed by atoms with E-state index in [0.29, 0.717) is 22.4 Å². The summed E-state index contributed by atoms with van der Waals surface area (Å²) in [7, 11) is 5.01. The maximum atomic E-state index is 13.2. The number of rotatable bonds is 3. The molecule has 0 saturated carbocycles. The summed E-state index contributed by atoms with van der Waals surface area (Å²) in [5, 5.41) is 10.0. The third-order valence-corrected chi connectivity index (χ3v) is 6.64. The molecule has 0 atom stereocenters. The number of aliphatic hydroxyl groups is 1. The molecule has 0 aliphatic rings. The summed E-state index contributed by atoms with van der Waals surface area (Å²) in [5.74, 6) is 0.567. The number of benzene rings is 2. The lowest BCUT2D eigenvalue weighted by atomic mass is 10.1. The first-order chi connectivity index (χ1) is 15.3. The van der Waals surface area contributed by atoms with Gasteiger partial charge in [0.1, 0.15) is 12.4 Å². The van der Waals surface area contributed by atoms with Gasteiger partial charge in [-0.15, -0.1) is 0 Å². The van der Waals surface area contributed by atoms with Gasteiger partial charge in [0.05, 0.1) is 27.6 Å². The molecule has 5 aromatic rings. The Labute approximate surface area is 190 Å². The summed E-state index contributed by atoms with van der Waals surface area (Å²) >= 11 is 3.61. The number of fused-ring (bicyclic) bond motifs is 2. The quantitative estimate of drug-likeness (QED) is 0.418. The SMILES string of the molecule is Cn1c(=O)c2c(-c3ccccc3Br)n(-c3ccc4c(c3)nc(CO)n4C)cc2n(C)c1=O. The number of hydrogen-bond donors (Lipinski definition) is 1. The molecule has 0 saturated heterocycles. The molecular formula is C23H20BrN5O3. The Balaban J connectivity index is 1.93. The van der Waals surface area contributed by atoms with Gasteiger partial charge in [-0.3, -0.25) is 13.9 Å². The number of aliphatic hydroxyl groups excluding tert-OH is 1. The van der Waals surface area contributed by atoms with E-state index >= 15 is 0 Å². The van der Waals surface area contributed by atoms with Crippen molar-refractivity contribution in [1.29, 1.82) is 0 Å². The van der Waals surface area contributed by atoms with Crippen LogP contribution in [0.4, 0.5) is 0 Å². The van der Waals surface area contributed by atoms with Gasteiger partial charge in [-0.1, -0.05) is 34.1 Å². The largest absolute Gasteiger partial charge is 0.388 e. The minimum atomic E-state index is -0.383. The van der Waals surface area contributed by atoms with E-state index in [1.807, 2.05) is 64.8 Å². The minimum absolute atomic E-state index is 0.158. The lowest BCUT2D eigenvalue weighted by molar-refractivity contribution is 0.268. The van der Waals surface area contributed by atoms with E-state index in [0.717, 1.165) is 31.3 Å². The van der Waals surface area contributed by atoms with Crippen molar-refractivity contribution in [2.24, 2.45) is 21.1 Å². The van der Waals surface area contributed by atoms with E-state index in [1.165, 1.54) is 11.6 Å². The van der Waals surface area contributed by atoms with Crippen LogP contribution >= 0.6 is 15.9 Å². The monoisotopic (exact) mass is 493 g/mol. The lowest BCUT2D eigenvalue weighted by Crippen LogP contribution is -2.36. The van der Waals surface area contributed by atoms with E-state index in [1.54, 1.807) is 7.05 Å². The van der Waals surface area contributed by atoms with E-state index in [9.17, 15) is 14.7 Å². The average molecular weight is 494 g/mol. The highest BCUT2D eigenvalue weighted by atomic mass is 79.9. The van der Waals surface area contributed by atoms with E-state index in [-0.39, 0.29) is 17.9 Å². The van der Waals surface area contributed by atoms with E-state index in [2.05, 4.69) is 20.9 Å². The second kappa shape index (κ2) is 7.32. The molecule has 32 heavy (non-hydrogen) atoms. The molecule has 0 aliphatic carbocycles. The highest BCUT2D eigenvalue weighted by Crippen LogP contribution is 2.35. The van der Waals surface area contributed by atoms with Gasteiger partial charge in [0.15, 0.2) is 0 Å². The number of aryl methyl sites for hydroxylation is 2. The van der Waals surface area contributed by atoms with Crippen molar-refractivity contribution in [2.75, 3.05) is 0 Å². The van der Waals surface area contributed by atoms with Crippen LogP contribution in [0.2, 0.25) is 0 Å². The molecule has 0 fully saturated rings. The predicted octanol–water partition coefficient (Wildman–Crippen LogP) is 2.84. The molecule has 2 aromatic carbocycles. The Hall–Kier alpha value is -3.43. The first kappa shape index (κ1) is 20.5. The number of aromatic nitrogens is 5. The molecule has 3 heterocycles. The number of halogens is 1. The smallest absolute Gasteiger partial charge is 0.330 e. The topological polar surface area (TPSA) is 87.0 Å². The highest BCUT2D eigenvalue weighted by molar-refractivity contribution is 9.10. The average Bonchev–Trinajstić information content (AvgIpc) is 3.34. The van der Waals surface area contributed by atoms with Gasteiger partial charge < -0.3 is 14.2 Å². The Morgan fingerprint density at radius 1 is 0.969 bits per heavy atom. The second-order valence-corrected chi connectivity index (χ2v) is 8.57. The summed E-state index contributed by atoms with van der Waals surface area (Å²) in [5.41, 5.74) is 3.72. The Kier molecular flexibility index (Phi) is 4.68. The molecule has 5 rings (SSSR count). The fraction of sp³-hybridized carbons (Fsp3) is 0.174. The molecule has 0 aliphatic heterocycles. The summed E-state index contributed by atoms with van der Waals surface area (Å²) in [4.78, 5) is 30.3. The van der Waals surface area contributed by atoms with Crippen LogP contribution in [-0.2, 0) is 27.7 Å². The van der Waals surface area contributed by atoms with Crippen LogP contribution in [0.25, 0.3) is 38.9 Å². The standard InChI is InChI=1S/C23H20BrN5O3/c1-26-17-9-8-13(10-16(17)25-19(26)12-30)29-11-18-20(22(31)28(3)23(32)27(18)2)21(29)14-6-4-5-7-15(14)24/h4-11,30H,12H2,1-3H3. The van der Waals surface area contributed by atoms with E-state index < -0.39 is 0 Å². The number of imidazole rings is 1.